The number of sulfonamides is 1. The average Bonchev–Trinajstić information content (AvgIpc) is 2.69. The van der Waals surface area contributed by atoms with E-state index in [0.29, 0.717) is 22.8 Å². The van der Waals surface area contributed by atoms with E-state index in [0.717, 1.165) is 10.6 Å². The van der Waals surface area contributed by atoms with E-state index >= 15 is 0 Å². The summed E-state index contributed by atoms with van der Waals surface area (Å²) in [4.78, 5) is 26.9. The second-order valence-corrected chi connectivity index (χ2v) is 8.53. The second kappa shape index (κ2) is 8.12. The van der Waals surface area contributed by atoms with Crippen LogP contribution in [-0.4, -0.2) is 46.2 Å². The molecule has 2 aromatic carbocycles. The quantitative estimate of drug-likeness (QED) is 0.778. The van der Waals surface area contributed by atoms with Crippen molar-refractivity contribution in [3.05, 3.63) is 48.5 Å². The zero-order chi connectivity index (χ0) is 21.2. The van der Waals surface area contributed by atoms with Crippen LogP contribution in [0.25, 0.3) is 0 Å². The summed E-state index contributed by atoms with van der Waals surface area (Å²) < 4.78 is 31.6. The molecule has 1 heterocycles. The molecular weight excluding hydrogens is 394 g/mol. The van der Waals surface area contributed by atoms with E-state index in [1.807, 2.05) is 0 Å². The van der Waals surface area contributed by atoms with E-state index in [-0.39, 0.29) is 18.9 Å². The summed E-state index contributed by atoms with van der Waals surface area (Å²) in [6, 6.07) is 12.4. The molecule has 0 aromatic heterocycles. The van der Waals surface area contributed by atoms with Gasteiger partial charge in [-0.05, 0) is 30.7 Å². The van der Waals surface area contributed by atoms with Crippen LogP contribution in [0.5, 0.6) is 5.75 Å². The molecule has 0 unspecified atom stereocenters. The van der Waals surface area contributed by atoms with Gasteiger partial charge in [-0.1, -0.05) is 25.1 Å². The third kappa shape index (κ3) is 4.19. The van der Waals surface area contributed by atoms with Gasteiger partial charge in [0.1, 0.15) is 18.3 Å². The molecule has 0 radical (unpaired) electrons. The first-order valence-corrected chi connectivity index (χ1v) is 10.9. The number of nitrogens with zero attached hydrogens (tertiary/aromatic N) is 2. The van der Waals surface area contributed by atoms with Crippen molar-refractivity contribution >= 4 is 38.9 Å². The number of carbonyl (C=O) groups excluding carboxylic acids is 2. The fourth-order valence-corrected chi connectivity index (χ4v) is 4.60. The van der Waals surface area contributed by atoms with Crippen molar-refractivity contribution in [2.45, 2.75) is 19.4 Å². The van der Waals surface area contributed by atoms with E-state index in [1.54, 1.807) is 55.5 Å². The van der Waals surface area contributed by atoms with Gasteiger partial charge in [0.2, 0.25) is 15.9 Å². The zero-order valence-corrected chi connectivity index (χ0v) is 17.3. The first-order valence-electron chi connectivity index (χ1n) is 9.10. The maximum absolute atomic E-state index is 13.5. The molecule has 154 valence electrons. The standard InChI is InChI=1S/C20H23N3O5S/c1-4-17(23(29(3,26)27)14-8-7-9-15(12-14)28-2)20(25)22-13-19(24)21-16-10-5-6-11-18(16)22/h5-12,17H,4,13H2,1-3H3,(H,21,24)/t17-/m0/s1. The maximum Gasteiger partial charge on any atom is 0.251 e. The van der Waals surface area contributed by atoms with Crippen molar-refractivity contribution in [1.82, 2.24) is 0 Å². The molecule has 1 atom stereocenters. The highest BCUT2D eigenvalue weighted by Crippen LogP contribution is 2.32. The van der Waals surface area contributed by atoms with Gasteiger partial charge in [-0.2, -0.15) is 0 Å². The predicted molar refractivity (Wildman–Crippen MR) is 112 cm³/mol. The SMILES string of the molecule is CC[C@@H](C(=O)N1CC(=O)Nc2ccccc21)N(c1cccc(OC)c1)S(C)(=O)=O. The summed E-state index contributed by atoms with van der Waals surface area (Å²) in [7, 11) is -2.32. The molecule has 0 fully saturated rings. The van der Waals surface area contributed by atoms with Gasteiger partial charge >= 0.3 is 0 Å². The van der Waals surface area contributed by atoms with Gasteiger partial charge in [0.25, 0.3) is 5.91 Å². The Balaban J connectivity index is 2.06. The molecule has 8 nitrogen and oxygen atoms in total. The smallest absolute Gasteiger partial charge is 0.251 e. The third-order valence-corrected chi connectivity index (χ3v) is 5.84. The van der Waals surface area contributed by atoms with Crippen LogP contribution in [0.1, 0.15) is 13.3 Å². The first kappa shape index (κ1) is 20.7. The van der Waals surface area contributed by atoms with Crippen LogP contribution in [0.2, 0.25) is 0 Å². The lowest BCUT2D eigenvalue weighted by Gasteiger charge is -2.36. The predicted octanol–water partition coefficient (Wildman–Crippen LogP) is 2.23. The molecular formula is C20H23N3O5S. The van der Waals surface area contributed by atoms with Crippen molar-refractivity contribution in [1.29, 1.82) is 0 Å². The van der Waals surface area contributed by atoms with Crippen molar-refractivity contribution in [2.75, 3.05) is 34.4 Å². The molecule has 1 N–H and O–H groups in total. The molecule has 2 amide bonds. The summed E-state index contributed by atoms with van der Waals surface area (Å²) in [5, 5.41) is 2.73. The fraction of sp³-hybridized carbons (Fsp3) is 0.300. The monoisotopic (exact) mass is 417 g/mol. The van der Waals surface area contributed by atoms with Crippen LogP contribution in [-0.2, 0) is 19.6 Å². The number of ether oxygens (including phenoxy) is 1. The molecule has 0 bridgehead atoms. The topological polar surface area (TPSA) is 96.0 Å². The van der Waals surface area contributed by atoms with Gasteiger partial charge in [0, 0.05) is 6.07 Å². The number of nitrogens with one attached hydrogen (secondary N) is 1. The number of fused-ring (bicyclic) bond motifs is 1. The minimum atomic E-state index is -3.80. The Hall–Kier alpha value is -3.07. The third-order valence-electron chi connectivity index (χ3n) is 4.66. The Morgan fingerprint density at radius 2 is 1.97 bits per heavy atom. The molecule has 9 heteroatoms. The van der Waals surface area contributed by atoms with Crippen molar-refractivity contribution in [3.63, 3.8) is 0 Å². The number of benzene rings is 2. The van der Waals surface area contributed by atoms with Crippen LogP contribution in [0.15, 0.2) is 48.5 Å². The molecule has 3 rings (SSSR count). The Bertz CT molecular complexity index is 1040. The number of para-hydroxylation sites is 2. The van der Waals surface area contributed by atoms with E-state index in [4.69, 9.17) is 4.74 Å². The van der Waals surface area contributed by atoms with Crippen LogP contribution in [0.3, 0.4) is 0 Å². The van der Waals surface area contributed by atoms with Crippen LogP contribution >= 0.6 is 0 Å². The number of carbonyl (C=O) groups is 2. The van der Waals surface area contributed by atoms with Gasteiger partial charge in [-0.15, -0.1) is 0 Å². The molecule has 0 aliphatic carbocycles. The average molecular weight is 417 g/mol. The summed E-state index contributed by atoms with van der Waals surface area (Å²) in [6.07, 6.45) is 1.28. The molecule has 0 saturated carbocycles. The van der Waals surface area contributed by atoms with E-state index in [9.17, 15) is 18.0 Å². The van der Waals surface area contributed by atoms with Crippen molar-refractivity contribution < 1.29 is 22.7 Å². The molecule has 29 heavy (non-hydrogen) atoms. The number of amides is 2. The highest BCUT2D eigenvalue weighted by molar-refractivity contribution is 7.92. The van der Waals surface area contributed by atoms with Gasteiger partial charge in [-0.3, -0.25) is 18.8 Å². The zero-order valence-electron chi connectivity index (χ0n) is 16.5. The van der Waals surface area contributed by atoms with Gasteiger partial charge in [0.15, 0.2) is 0 Å². The van der Waals surface area contributed by atoms with Gasteiger partial charge in [-0.25, -0.2) is 8.42 Å². The van der Waals surface area contributed by atoms with Crippen LogP contribution < -0.4 is 19.3 Å². The lowest BCUT2D eigenvalue weighted by atomic mass is 10.1. The van der Waals surface area contributed by atoms with E-state index in [2.05, 4.69) is 5.32 Å². The Kier molecular flexibility index (Phi) is 5.78. The van der Waals surface area contributed by atoms with Crippen LogP contribution in [0.4, 0.5) is 17.1 Å². The van der Waals surface area contributed by atoms with E-state index in [1.165, 1.54) is 12.0 Å². The lowest BCUT2D eigenvalue weighted by molar-refractivity contribution is -0.122. The Morgan fingerprint density at radius 3 is 2.62 bits per heavy atom. The molecule has 1 aliphatic heterocycles. The van der Waals surface area contributed by atoms with Crippen molar-refractivity contribution in [2.24, 2.45) is 0 Å². The number of anilines is 3. The Morgan fingerprint density at radius 1 is 1.24 bits per heavy atom. The molecule has 0 saturated heterocycles. The second-order valence-electron chi connectivity index (χ2n) is 6.67. The first-order chi connectivity index (χ1) is 13.8. The summed E-state index contributed by atoms with van der Waals surface area (Å²) in [5.74, 6) is -0.330. The minimum Gasteiger partial charge on any atom is -0.497 e. The van der Waals surface area contributed by atoms with Crippen LogP contribution in [0, 0.1) is 0 Å². The lowest BCUT2D eigenvalue weighted by Crippen LogP contribution is -2.53. The summed E-state index contributed by atoms with van der Waals surface area (Å²) in [5.41, 5.74) is 1.37. The minimum absolute atomic E-state index is 0.179. The van der Waals surface area contributed by atoms with Crippen molar-refractivity contribution in [3.8, 4) is 5.75 Å². The molecule has 0 spiro atoms. The summed E-state index contributed by atoms with van der Waals surface area (Å²) >= 11 is 0. The number of hydrogen-bond acceptors (Lipinski definition) is 5. The van der Waals surface area contributed by atoms with E-state index < -0.39 is 22.0 Å². The number of hydrogen-bond donors (Lipinski definition) is 1. The molecule has 1 aliphatic rings. The highest BCUT2D eigenvalue weighted by Gasteiger charge is 2.37. The Labute approximate surface area is 170 Å². The fourth-order valence-electron chi connectivity index (χ4n) is 3.40. The number of methoxy groups -OCH3 is 1. The largest absolute Gasteiger partial charge is 0.497 e. The number of rotatable bonds is 6. The summed E-state index contributed by atoms with van der Waals surface area (Å²) in [6.45, 7) is 1.55. The van der Waals surface area contributed by atoms with Gasteiger partial charge in [0.05, 0.1) is 30.4 Å². The normalized spacial score (nSPS) is 14.6. The highest BCUT2D eigenvalue weighted by atomic mass is 32.2. The van der Waals surface area contributed by atoms with Gasteiger partial charge < -0.3 is 10.1 Å². The molecule has 2 aromatic rings. The maximum atomic E-state index is 13.5.